The molecule has 0 amide bonds. The minimum Gasteiger partial charge on any atom is -0.462 e. The summed E-state index contributed by atoms with van der Waals surface area (Å²) in [4.78, 5) is 23.3. The summed E-state index contributed by atoms with van der Waals surface area (Å²) in [6.07, 6.45) is 7.05. The second-order valence-corrected chi connectivity index (χ2v) is 8.84. The average molecular weight is 332 g/mol. The summed E-state index contributed by atoms with van der Waals surface area (Å²) < 4.78 is 5.60. The highest BCUT2D eigenvalue weighted by atomic mass is 16.5. The number of hydrogen-bond acceptors (Lipinski definition) is 3. The van der Waals surface area contributed by atoms with Crippen molar-refractivity contribution in [3.63, 3.8) is 0 Å². The SMILES string of the molecule is CC(=O)O[C@@H](C)[C@@]1(C)CC[C@H]2[C@H](C1C)[C@H](C)CC1=CC(=O)CC[C@@H]12. The fraction of sp³-hybridized carbons (Fsp3) is 0.810. The normalized spacial score (nSPS) is 43.3. The maximum Gasteiger partial charge on any atom is 0.302 e. The number of carbonyl (C=O) groups is 2. The van der Waals surface area contributed by atoms with Crippen LogP contribution in [-0.2, 0) is 14.3 Å². The maximum absolute atomic E-state index is 11.8. The minimum atomic E-state index is -0.175. The van der Waals surface area contributed by atoms with Crippen LogP contribution in [0.5, 0.6) is 0 Å². The molecule has 3 aliphatic carbocycles. The molecular weight excluding hydrogens is 300 g/mol. The molecule has 7 atom stereocenters. The number of esters is 1. The van der Waals surface area contributed by atoms with Crippen molar-refractivity contribution >= 4 is 11.8 Å². The van der Waals surface area contributed by atoms with Gasteiger partial charge in [0.1, 0.15) is 6.10 Å². The molecule has 24 heavy (non-hydrogen) atoms. The van der Waals surface area contributed by atoms with Crippen LogP contribution in [-0.4, -0.2) is 17.9 Å². The first-order valence-electron chi connectivity index (χ1n) is 9.64. The largest absolute Gasteiger partial charge is 0.462 e. The van der Waals surface area contributed by atoms with Gasteiger partial charge in [-0.05, 0) is 68.3 Å². The van der Waals surface area contributed by atoms with Crippen molar-refractivity contribution in [2.24, 2.45) is 35.0 Å². The van der Waals surface area contributed by atoms with Crippen molar-refractivity contribution in [1.82, 2.24) is 0 Å². The van der Waals surface area contributed by atoms with E-state index in [9.17, 15) is 9.59 Å². The van der Waals surface area contributed by atoms with Crippen molar-refractivity contribution in [3.05, 3.63) is 11.6 Å². The van der Waals surface area contributed by atoms with Gasteiger partial charge in [0.25, 0.3) is 0 Å². The Balaban J connectivity index is 1.86. The van der Waals surface area contributed by atoms with Crippen LogP contribution in [0.3, 0.4) is 0 Å². The number of fused-ring (bicyclic) bond motifs is 3. The number of hydrogen-bond donors (Lipinski definition) is 0. The molecule has 0 aromatic rings. The Kier molecular flexibility index (Phi) is 4.65. The van der Waals surface area contributed by atoms with Gasteiger partial charge in [0, 0.05) is 18.8 Å². The molecule has 134 valence electrons. The van der Waals surface area contributed by atoms with Crippen molar-refractivity contribution in [2.75, 3.05) is 0 Å². The van der Waals surface area contributed by atoms with E-state index < -0.39 is 0 Å². The molecule has 0 heterocycles. The molecule has 3 nitrogen and oxygen atoms in total. The molecule has 0 spiro atoms. The Morgan fingerprint density at radius 2 is 2.04 bits per heavy atom. The van der Waals surface area contributed by atoms with Gasteiger partial charge >= 0.3 is 5.97 Å². The summed E-state index contributed by atoms with van der Waals surface area (Å²) >= 11 is 0. The first kappa shape index (κ1) is 17.7. The summed E-state index contributed by atoms with van der Waals surface area (Å²) in [5, 5.41) is 0. The molecule has 3 heteroatoms. The highest BCUT2D eigenvalue weighted by Gasteiger charge is 2.53. The molecule has 2 saturated carbocycles. The van der Waals surface area contributed by atoms with Gasteiger partial charge in [-0.15, -0.1) is 0 Å². The molecule has 0 aromatic heterocycles. The van der Waals surface area contributed by atoms with Crippen LogP contribution in [0.1, 0.15) is 66.7 Å². The first-order chi connectivity index (χ1) is 11.2. The topological polar surface area (TPSA) is 43.4 Å². The quantitative estimate of drug-likeness (QED) is 0.697. The van der Waals surface area contributed by atoms with Gasteiger partial charge in [-0.2, -0.15) is 0 Å². The summed E-state index contributed by atoms with van der Waals surface area (Å²) in [5.41, 5.74) is 1.47. The van der Waals surface area contributed by atoms with Crippen molar-refractivity contribution in [2.45, 2.75) is 72.8 Å². The van der Waals surface area contributed by atoms with Gasteiger partial charge < -0.3 is 4.74 Å². The molecule has 0 radical (unpaired) electrons. The van der Waals surface area contributed by atoms with Crippen LogP contribution in [0.2, 0.25) is 0 Å². The van der Waals surface area contributed by atoms with E-state index in [2.05, 4.69) is 27.7 Å². The molecular formula is C21H32O3. The van der Waals surface area contributed by atoms with Crippen LogP contribution >= 0.6 is 0 Å². The van der Waals surface area contributed by atoms with Crippen LogP contribution in [0, 0.1) is 35.0 Å². The van der Waals surface area contributed by atoms with E-state index in [1.807, 2.05) is 6.08 Å². The predicted molar refractivity (Wildman–Crippen MR) is 94.3 cm³/mol. The molecule has 0 aliphatic heterocycles. The standard InChI is InChI=1S/C21H32O3/c1-12-10-16-11-17(23)6-7-18(16)19-8-9-21(5,13(2)20(12)19)14(3)24-15(4)22/h11-14,18-20H,6-10H2,1-5H3/t12-,13?,14+,18+,19-,20+,21+/m1/s1. The average Bonchev–Trinajstić information content (AvgIpc) is 2.49. The molecule has 0 bridgehead atoms. The first-order valence-corrected chi connectivity index (χ1v) is 9.64. The van der Waals surface area contributed by atoms with Gasteiger partial charge in [0.2, 0.25) is 0 Å². The molecule has 0 saturated heterocycles. The molecule has 3 rings (SSSR count). The third-order valence-electron chi connectivity index (χ3n) is 7.66. The lowest BCUT2D eigenvalue weighted by molar-refractivity contribution is -0.162. The van der Waals surface area contributed by atoms with Crippen LogP contribution in [0.4, 0.5) is 0 Å². The number of ketones is 1. The van der Waals surface area contributed by atoms with Crippen LogP contribution in [0.15, 0.2) is 11.6 Å². The number of ether oxygens (including phenoxy) is 1. The van der Waals surface area contributed by atoms with Gasteiger partial charge in [0.05, 0.1) is 0 Å². The summed E-state index contributed by atoms with van der Waals surface area (Å²) in [6.45, 7) is 10.6. The zero-order valence-electron chi connectivity index (χ0n) is 15.8. The van der Waals surface area contributed by atoms with Gasteiger partial charge in [0.15, 0.2) is 5.78 Å². The van der Waals surface area contributed by atoms with Crippen molar-refractivity contribution in [3.8, 4) is 0 Å². The maximum atomic E-state index is 11.8. The van der Waals surface area contributed by atoms with E-state index in [4.69, 9.17) is 4.74 Å². The third-order valence-corrected chi connectivity index (χ3v) is 7.66. The van der Waals surface area contributed by atoms with Gasteiger partial charge in [-0.25, -0.2) is 0 Å². The number of carbonyl (C=O) groups excluding carboxylic acids is 2. The van der Waals surface area contributed by atoms with E-state index in [0.717, 1.165) is 25.7 Å². The van der Waals surface area contributed by atoms with E-state index in [-0.39, 0.29) is 17.5 Å². The molecule has 2 fully saturated rings. The van der Waals surface area contributed by atoms with Gasteiger partial charge in [-0.1, -0.05) is 26.3 Å². The highest BCUT2D eigenvalue weighted by Crippen LogP contribution is 2.59. The van der Waals surface area contributed by atoms with Crippen molar-refractivity contribution in [1.29, 1.82) is 0 Å². The Morgan fingerprint density at radius 1 is 1.33 bits per heavy atom. The lowest BCUT2D eigenvalue weighted by Crippen LogP contribution is -2.52. The van der Waals surface area contributed by atoms with E-state index in [1.54, 1.807) is 0 Å². The Labute approximate surface area is 146 Å². The molecule has 0 N–H and O–H groups in total. The second kappa shape index (κ2) is 6.31. The van der Waals surface area contributed by atoms with Crippen molar-refractivity contribution < 1.29 is 14.3 Å². The highest BCUT2D eigenvalue weighted by molar-refractivity contribution is 5.91. The molecule has 0 aromatic carbocycles. The van der Waals surface area contributed by atoms with Crippen LogP contribution < -0.4 is 0 Å². The van der Waals surface area contributed by atoms with Crippen LogP contribution in [0.25, 0.3) is 0 Å². The zero-order valence-corrected chi connectivity index (χ0v) is 15.8. The Hall–Kier alpha value is -1.12. The second-order valence-electron chi connectivity index (χ2n) is 8.84. The monoisotopic (exact) mass is 332 g/mol. The lowest BCUT2D eigenvalue weighted by atomic mass is 9.48. The Morgan fingerprint density at radius 3 is 2.71 bits per heavy atom. The lowest BCUT2D eigenvalue weighted by Gasteiger charge is -2.57. The smallest absolute Gasteiger partial charge is 0.302 e. The summed E-state index contributed by atoms with van der Waals surface area (Å²) in [5.74, 6) is 3.25. The van der Waals surface area contributed by atoms with Gasteiger partial charge in [-0.3, -0.25) is 9.59 Å². The predicted octanol–water partition coefficient (Wildman–Crippen LogP) is 4.55. The fourth-order valence-corrected chi connectivity index (χ4v) is 6.13. The summed E-state index contributed by atoms with van der Waals surface area (Å²) in [6, 6.07) is 0. The molecule has 1 unspecified atom stereocenters. The third kappa shape index (κ3) is 2.84. The zero-order chi connectivity index (χ0) is 17.6. The number of allylic oxidation sites excluding steroid dienone is 2. The number of rotatable bonds is 2. The summed E-state index contributed by atoms with van der Waals surface area (Å²) in [7, 11) is 0. The van der Waals surface area contributed by atoms with E-state index in [0.29, 0.717) is 35.4 Å². The Bertz CT molecular complexity index is 563. The van der Waals surface area contributed by atoms with E-state index >= 15 is 0 Å². The minimum absolute atomic E-state index is 0.0389. The fourth-order valence-electron chi connectivity index (χ4n) is 6.13. The molecule has 3 aliphatic rings. The van der Waals surface area contributed by atoms with E-state index in [1.165, 1.54) is 18.9 Å².